The average molecular weight is 452 g/mol. The summed E-state index contributed by atoms with van der Waals surface area (Å²) in [5, 5.41) is 0.131. The van der Waals surface area contributed by atoms with E-state index in [2.05, 4.69) is 28.1 Å². The Balaban J connectivity index is 1.65. The van der Waals surface area contributed by atoms with E-state index in [1.54, 1.807) is 6.20 Å². The molecule has 2 heterocycles. The highest BCUT2D eigenvalue weighted by Gasteiger charge is 2.55. The highest BCUT2D eigenvalue weighted by Crippen LogP contribution is 2.48. The van der Waals surface area contributed by atoms with Crippen LogP contribution >= 0.6 is 11.6 Å². The van der Waals surface area contributed by atoms with Gasteiger partial charge in [-0.25, -0.2) is 4.98 Å². The van der Waals surface area contributed by atoms with Crippen molar-refractivity contribution >= 4 is 23.1 Å². The van der Waals surface area contributed by atoms with E-state index in [9.17, 15) is 13.2 Å². The number of rotatable bonds is 6. The van der Waals surface area contributed by atoms with Crippen LogP contribution in [0.25, 0.3) is 16.9 Å². The Labute approximate surface area is 183 Å². The summed E-state index contributed by atoms with van der Waals surface area (Å²) in [4.78, 5) is 9.43. The Morgan fingerprint density at radius 3 is 2.42 bits per heavy atom. The van der Waals surface area contributed by atoms with Crippen molar-refractivity contribution in [3.05, 3.63) is 41.3 Å². The van der Waals surface area contributed by atoms with E-state index in [1.807, 2.05) is 6.20 Å². The van der Waals surface area contributed by atoms with Crippen molar-refractivity contribution in [1.82, 2.24) is 18.9 Å². The standard InChI is InChI=1S/C22H23ClF3N4O/c1-3-18-21(30(2,13-4-5-13)14-6-7-14)29-11-10-27-19(20(29)28-18)16-9-8-15(12-17(16)23)31-22(24,25)26/h8-14H,3-7H2,1-2H3/q+1. The normalized spacial score (nSPS) is 17.4. The third-order valence-electron chi connectivity index (χ3n) is 6.42. The third kappa shape index (κ3) is 3.55. The van der Waals surface area contributed by atoms with E-state index in [4.69, 9.17) is 16.6 Å². The second-order valence-electron chi connectivity index (χ2n) is 8.50. The van der Waals surface area contributed by atoms with Gasteiger partial charge in [-0.1, -0.05) is 18.5 Å². The molecule has 2 saturated carbocycles. The quantitative estimate of drug-likeness (QED) is 0.446. The lowest BCUT2D eigenvalue weighted by Gasteiger charge is -2.34. The highest BCUT2D eigenvalue weighted by molar-refractivity contribution is 6.33. The Bertz CT molecular complexity index is 1140. The number of quaternary nitrogens is 1. The predicted octanol–water partition coefficient (Wildman–Crippen LogP) is 5.77. The summed E-state index contributed by atoms with van der Waals surface area (Å²) in [6.07, 6.45) is 4.51. The summed E-state index contributed by atoms with van der Waals surface area (Å²) in [6, 6.07) is 5.13. The Hall–Kier alpha value is -2.32. The van der Waals surface area contributed by atoms with Gasteiger partial charge in [0.15, 0.2) is 5.65 Å². The number of nitrogens with zero attached hydrogens (tertiary/aromatic N) is 4. The first-order valence-corrected chi connectivity index (χ1v) is 10.9. The molecule has 0 bridgehead atoms. The van der Waals surface area contributed by atoms with Crippen LogP contribution in [0, 0.1) is 0 Å². The van der Waals surface area contributed by atoms with Gasteiger partial charge in [0, 0.05) is 43.6 Å². The number of halogens is 4. The van der Waals surface area contributed by atoms with Crippen LogP contribution in [0.1, 0.15) is 38.3 Å². The monoisotopic (exact) mass is 451 g/mol. The zero-order chi connectivity index (χ0) is 22.0. The number of alkyl halides is 3. The van der Waals surface area contributed by atoms with Crippen LogP contribution in [-0.4, -0.2) is 39.9 Å². The molecule has 0 unspecified atom stereocenters. The molecule has 0 amide bonds. The first-order valence-electron chi connectivity index (χ1n) is 10.5. The summed E-state index contributed by atoms with van der Waals surface area (Å²) in [6.45, 7) is 2.10. The lowest BCUT2D eigenvalue weighted by Crippen LogP contribution is -2.50. The number of aryl methyl sites for hydroxylation is 1. The first kappa shape index (κ1) is 20.6. The van der Waals surface area contributed by atoms with E-state index in [-0.39, 0.29) is 10.8 Å². The molecule has 1 aromatic carbocycles. The molecule has 5 rings (SSSR count). The Morgan fingerprint density at radius 1 is 1.19 bits per heavy atom. The lowest BCUT2D eigenvalue weighted by atomic mass is 10.1. The van der Waals surface area contributed by atoms with Crippen LogP contribution in [0.15, 0.2) is 30.6 Å². The fourth-order valence-corrected chi connectivity index (χ4v) is 4.96. The molecule has 9 heteroatoms. The number of hydrogen-bond acceptors (Lipinski definition) is 3. The van der Waals surface area contributed by atoms with Gasteiger partial charge in [-0.05, 0) is 24.6 Å². The Morgan fingerprint density at radius 2 is 1.87 bits per heavy atom. The van der Waals surface area contributed by atoms with Crippen LogP contribution in [0.2, 0.25) is 5.02 Å². The molecule has 31 heavy (non-hydrogen) atoms. The lowest BCUT2D eigenvalue weighted by molar-refractivity contribution is -0.274. The minimum atomic E-state index is -4.77. The van der Waals surface area contributed by atoms with Crippen LogP contribution in [-0.2, 0) is 6.42 Å². The SMILES string of the molecule is CCc1nc2c(-c3ccc(OC(F)(F)F)cc3Cl)nccn2c1[N+](C)(C1CC1)C1CC1. The first-order chi connectivity index (χ1) is 14.7. The van der Waals surface area contributed by atoms with Crippen molar-refractivity contribution in [2.75, 3.05) is 7.05 Å². The largest absolute Gasteiger partial charge is 0.573 e. The number of ether oxygens (including phenoxy) is 1. The van der Waals surface area contributed by atoms with Gasteiger partial charge in [-0.15, -0.1) is 13.2 Å². The van der Waals surface area contributed by atoms with E-state index in [0.29, 0.717) is 29.0 Å². The highest BCUT2D eigenvalue weighted by atomic mass is 35.5. The molecule has 3 aromatic rings. The maximum atomic E-state index is 12.6. The van der Waals surface area contributed by atoms with Gasteiger partial charge in [0.2, 0.25) is 5.82 Å². The van der Waals surface area contributed by atoms with Crippen molar-refractivity contribution < 1.29 is 17.9 Å². The van der Waals surface area contributed by atoms with Gasteiger partial charge in [-0.3, -0.25) is 13.9 Å². The second-order valence-corrected chi connectivity index (χ2v) is 8.91. The van der Waals surface area contributed by atoms with Crippen LogP contribution in [0.5, 0.6) is 5.75 Å². The molecule has 5 nitrogen and oxygen atoms in total. The summed E-state index contributed by atoms with van der Waals surface area (Å²) in [5.41, 5.74) is 2.77. The number of aromatic nitrogens is 3. The molecule has 2 fully saturated rings. The molecular formula is C22H23ClF3N4O+. The molecule has 0 saturated heterocycles. The molecule has 2 aromatic heterocycles. The third-order valence-corrected chi connectivity index (χ3v) is 6.73. The summed E-state index contributed by atoms with van der Waals surface area (Å²) in [5.74, 6) is 0.831. The van der Waals surface area contributed by atoms with Crippen LogP contribution in [0.3, 0.4) is 0 Å². The van der Waals surface area contributed by atoms with Crippen molar-refractivity contribution in [2.45, 2.75) is 57.5 Å². The Kier molecular flexibility index (Phi) is 4.71. The molecule has 0 aliphatic heterocycles. The van der Waals surface area contributed by atoms with Crippen LogP contribution < -0.4 is 9.22 Å². The summed E-state index contributed by atoms with van der Waals surface area (Å²) < 4.78 is 44.6. The second kappa shape index (κ2) is 7.10. The van der Waals surface area contributed by atoms with Gasteiger partial charge < -0.3 is 4.74 Å². The predicted molar refractivity (Wildman–Crippen MR) is 113 cm³/mol. The van der Waals surface area contributed by atoms with E-state index >= 15 is 0 Å². The average Bonchev–Trinajstić information content (AvgIpc) is 3.60. The molecular weight excluding hydrogens is 429 g/mol. The smallest absolute Gasteiger partial charge is 0.406 e. The zero-order valence-corrected chi connectivity index (χ0v) is 18.0. The van der Waals surface area contributed by atoms with Crippen molar-refractivity contribution in [3.8, 4) is 17.0 Å². The fraction of sp³-hybridized carbons (Fsp3) is 0.455. The number of fused-ring (bicyclic) bond motifs is 1. The van der Waals surface area contributed by atoms with Crippen molar-refractivity contribution in [1.29, 1.82) is 0 Å². The van der Waals surface area contributed by atoms with Gasteiger partial charge >= 0.3 is 6.36 Å². The van der Waals surface area contributed by atoms with Gasteiger partial charge in [0.1, 0.15) is 17.1 Å². The van der Waals surface area contributed by atoms with Crippen molar-refractivity contribution in [3.63, 3.8) is 0 Å². The molecule has 2 aliphatic carbocycles. The van der Waals surface area contributed by atoms with Gasteiger partial charge in [0.05, 0.1) is 24.2 Å². The summed E-state index contributed by atoms with van der Waals surface area (Å²) >= 11 is 6.36. The number of imidazole rings is 1. The topological polar surface area (TPSA) is 39.4 Å². The maximum Gasteiger partial charge on any atom is 0.573 e. The molecule has 164 valence electrons. The van der Waals surface area contributed by atoms with Crippen LogP contribution in [0.4, 0.5) is 19.0 Å². The minimum Gasteiger partial charge on any atom is -0.406 e. The van der Waals surface area contributed by atoms with E-state index in [1.165, 1.54) is 43.6 Å². The van der Waals surface area contributed by atoms with E-state index < -0.39 is 6.36 Å². The molecule has 0 spiro atoms. The van der Waals surface area contributed by atoms with E-state index in [0.717, 1.165) is 22.7 Å². The number of hydrogen-bond donors (Lipinski definition) is 0. The van der Waals surface area contributed by atoms with Gasteiger partial charge in [0.25, 0.3) is 0 Å². The summed E-state index contributed by atoms with van der Waals surface area (Å²) in [7, 11) is 2.31. The minimum absolute atomic E-state index is 0.131. The number of benzene rings is 1. The molecule has 2 aliphatic rings. The van der Waals surface area contributed by atoms with Gasteiger partial charge in [-0.2, -0.15) is 0 Å². The molecule has 0 radical (unpaired) electrons. The zero-order valence-electron chi connectivity index (χ0n) is 17.3. The van der Waals surface area contributed by atoms with Crippen molar-refractivity contribution in [2.24, 2.45) is 0 Å². The maximum absolute atomic E-state index is 12.6. The molecule has 0 N–H and O–H groups in total. The molecule has 0 atom stereocenters. The fourth-order valence-electron chi connectivity index (χ4n) is 4.70.